The van der Waals surface area contributed by atoms with Crippen molar-refractivity contribution in [3.8, 4) is 0 Å². The number of halogens is 1. The van der Waals surface area contributed by atoms with Crippen LogP contribution in [0.4, 0.5) is 0 Å². The van der Waals surface area contributed by atoms with Crippen LogP contribution in [0.25, 0.3) is 0 Å². The van der Waals surface area contributed by atoms with Gasteiger partial charge in [0, 0.05) is 25.5 Å². The van der Waals surface area contributed by atoms with E-state index in [1.807, 2.05) is 12.4 Å². The molecule has 25 heavy (non-hydrogen) atoms. The number of aryl methyl sites for hydroxylation is 2. The molecule has 0 amide bonds. The van der Waals surface area contributed by atoms with E-state index in [9.17, 15) is 0 Å². The zero-order chi connectivity index (χ0) is 17.2. The van der Waals surface area contributed by atoms with Crippen molar-refractivity contribution in [2.24, 2.45) is 4.99 Å². The molecule has 2 N–H and O–H groups in total. The summed E-state index contributed by atoms with van der Waals surface area (Å²) in [6, 6.07) is 10.7. The molecular formula is C20H29IN4. The minimum Gasteiger partial charge on any atom is -0.356 e. The molecule has 1 heterocycles. The van der Waals surface area contributed by atoms with Gasteiger partial charge in [-0.05, 0) is 37.0 Å². The van der Waals surface area contributed by atoms with Crippen molar-refractivity contribution in [1.82, 2.24) is 15.6 Å². The number of nitrogens with one attached hydrogen (secondary N) is 2. The molecule has 0 spiro atoms. The summed E-state index contributed by atoms with van der Waals surface area (Å²) in [5, 5.41) is 6.82. The Kier molecular flexibility index (Phi) is 10.1. The molecule has 0 unspecified atom stereocenters. The Bertz CT molecular complexity index is 653. The van der Waals surface area contributed by atoms with Crippen LogP contribution in [0.5, 0.6) is 0 Å². The number of guanidine groups is 1. The zero-order valence-electron chi connectivity index (χ0n) is 15.4. The normalized spacial score (nSPS) is 10.9. The number of rotatable bonds is 7. The van der Waals surface area contributed by atoms with Crippen molar-refractivity contribution in [1.29, 1.82) is 0 Å². The summed E-state index contributed by atoms with van der Waals surface area (Å²) in [5.74, 6) is 0.852. The SMILES string of the molecule is CCCCNC(=NCc1cncc(C)c1)NCc1ccc(C)cc1.I. The van der Waals surface area contributed by atoms with Crippen LogP contribution in [0.2, 0.25) is 0 Å². The summed E-state index contributed by atoms with van der Waals surface area (Å²) in [6.07, 6.45) is 6.04. The summed E-state index contributed by atoms with van der Waals surface area (Å²) in [6.45, 7) is 8.68. The third-order valence-electron chi connectivity index (χ3n) is 3.75. The molecular weight excluding hydrogens is 423 g/mol. The molecule has 0 aliphatic rings. The van der Waals surface area contributed by atoms with Gasteiger partial charge in [-0.25, -0.2) is 4.99 Å². The van der Waals surface area contributed by atoms with Gasteiger partial charge in [0.05, 0.1) is 6.54 Å². The highest BCUT2D eigenvalue weighted by atomic mass is 127. The van der Waals surface area contributed by atoms with Crippen molar-refractivity contribution in [2.45, 2.75) is 46.7 Å². The van der Waals surface area contributed by atoms with Gasteiger partial charge in [0.25, 0.3) is 0 Å². The van der Waals surface area contributed by atoms with Gasteiger partial charge in [0.1, 0.15) is 0 Å². The molecule has 136 valence electrons. The minimum absolute atomic E-state index is 0. The van der Waals surface area contributed by atoms with Gasteiger partial charge < -0.3 is 10.6 Å². The Hall–Kier alpha value is -1.63. The fourth-order valence-corrected chi connectivity index (χ4v) is 2.32. The lowest BCUT2D eigenvalue weighted by Gasteiger charge is -2.13. The number of pyridine rings is 1. The van der Waals surface area contributed by atoms with E-state index in [0.29, 0.717) is 6.54 Å². The van der Waals surface area contributed by atoms with Crippen LogP contribution in [0.15, 0.2) is 47.7 Å². The highest BCUT2D eigenvalue weighted by Gasteiger charge is 2.00. The summed E-state index contributed by atoms with van der Waals surface area (Å²) >= 11 is 0. The molecule has 0 fully saturated rings. The third kappa shape index (κ3) is 8.34. The van der Waals surface area contributed by atoms with Crippen molar-refractivity contribution >= 4 is 29.9 Å². The highest BCUT2D eigenvalue weighted by Crippen LogP contribution is 2.04. The first-order valence-corrected chi connectivity index (χ1v) is 8.65. The summed E-state index contributed by atoms with van der Waals surface area (Å²) in [5.41, 5.74) is 4.82. The maximum absolute atomic E-state index is 4.69. The lowest BCUT2D eigenvalue weighted by atomic mass is 10.1. The van der Waals surface area contributed by atoms with Crippen LogP contribution in [-0.2, 0) is 13.1 Å². The molecule has 0 saturated carbocycles. The minimum atomic E-state index is 0. The molecule has 0 aliphatic carbocycles. The molecule has 5 heteroatoms. The van der Waals surface area contributed by atoms with E-state index in [4.69, 9.17) is 4.99 Å². The maximum atomic E-state index is 4.69. The van der Waals surface area contributed by atoms with Gasteiger partial charge in [0.2, 0.25) is 0 Å². The van der Waals surface area contributed by atoms with E-state index in [1.165, 1.54) is 17.5 Å². The molecule has 0 saturated heterocycles. The topological polar surface area (TPSA) is 49.3 Å². The number of hydrogen-bond acceptors (Lipinski definition) is 2. The number of benzene rings is 1. The van der Waals surface area contributed by atoms with Crippen molar-refractivity contribution in [3.63, 3.8) is 0 Å². The fraction of sp³-hybridized carbons (Fsp3) is 0.400. The molecule has 0 aliphatic heterocycles. The Labute approximate surface area is 168 Å². The van der Waals surface area contributed by atoms with Crippen LogP contribution in [0, 0.1) is 13.8 Å². The van der Waals surface area contributed by atoms with Crippen molar-refractivity contribution in [2.75, 3.05) is 6.54 Å². The van der Waals surface area contributed by atoms with Gasteiger partial charge in [0.15, 0.2) is 5.96 Å². The molecule has 1 aromatic heterocycles. The van der Waals surface area contributed by atoms with E-state index in [-0.39, 0.29) is 24.0 Å². The Morgan fingerprint density at radius 1 is 1.00 bits per heavy atom. The fourth-order valence-electron chi connectivity index (χ4n) is 2.32. The molecule has 1 aromatic carbocycles. The molecule has 0 radical (unpaired) electrons. The highest BCUT2D eigenvalue weighted by molar-refractivity contribution is 14.0. The number of hydrogen-bond donors (Lipinski definition) is 2. The zero-order valence-corrected chi connectivity index (χ0v) is 17.7. The number of unbranched alkanes of at least 4 members (excludes halogenated alkanes) is 1. The van der Waals surface area contributed by atoms with Crippen LogP contribution >= 0.6 is 24.0 Å². The van der Waals surface area contributed by atoms with E-state index in [0.717, 1.165) is 36.6 Å². The van der Waals surface area contributed by atoms with E-state index >= 15 is 0 Å². The Morgan fingerprint density at radius 3 is 2.44 bits per heavy atom. The first-order valence-electron chi connectivity index (χ1n) is 8.65. The van der Waals surface area contributed by atoms with Gasteiger partial charge in [-0.15, -0.1) is 24.0 Å². The average molecular weight is 452 g/mol. The first kappa shape index (κ1) is 21.4. The predicted octanol–water partition coefficient (Wildman–Crippen LogP) is 4.35. The van der Waals surface area contributed by atoms with Gasteiger partial charge in [-0.2, -0.15) is 0 Å². The standard InChI is InChI=1S/C20H28N4.HI/c1-4-5-10-22-20(23-14-18-8-6-16(2)7-9-18)24-15-19-11-17(3)12-21-13-19;/h6-9,11-13H,4-5,10,14-15H2,1-3H3,(H2,22,23,24);1H. The quantitative estimate of drug-likeness (QED) is 0.284. The smallest absolute Gasteiger partial charge is 0.191 e. The van der Waals surface area contributed by atoms with Crippen LogP contribution in [-0.4, -0.2) is 17.5 Å². The third-order valence-corrected chi connectivity index (χ3v) is 3.75. The lowest BCUT2D eigenvalue weighted by molar-refractivity contribution is 0.724. The number of aromatic nitrogens is 1. The number of nitrogens with zero attached hydrogens (tertiary/aromatic N) is 2. The van der Waals surface area contributed by atoms with Crippen molar-refractivity contribution in [3.05, 3.63) is 65.0 Å². The van der Waals surface area contributed by atoms with Crippen LogP contribution in [0.1, 0.15) is 42.0 Å². The Morgan fingerprint density at radius 2 is 1.76 bits per heavy atom. The summed E-state index contributed by atoms with van der Waals surface area (Å²) in [4.78, 5) is 8.92. The molecule has 0 atom stereocenters. The lowest BCUT2D eigenvalue weighted by Crippen LogP contribution is -2.37. The van der Waals surface area contributed by atoms with Crippen molar-refractivity contribution < 1.29 is 0 Å². The summed E-state index contributed by atoms with van der Waals surface area (Å²) in [7, 11) is 0. The average Bonchev–Trinajstić information content (AvgIpc) is 2.58. The number of aliphatic imine (C=N–C) groups is 1. The van der Waals surface area contributed by atoms with E-state index in [2.05, 4.69) is 66.7 Å². The predicted molar refractivity (Wildman–Crippen MR) is 116 cm³/mol. The van der Waals surface area contributed by atoms with Gasteiger partial charge in [-0.3, -0.25) is 4.98 Å². The van der Waals surface area contributed by atoms with E-state index < -0.39 is 0 Å². The molecule has 4 nitrogen and oxygen atoms in total. The molecule has 2 rings (SSSR count). The maximum Gasteiger partial charge on any atom is 0.191 e. The second kappa shape index (κ2) is 11.8. The monoisotopic (exact) mass is 452 g/mol. The second-order valence-electron chi connectivity index (χ2n) is 6.15. The summed E-state index contributed by atoms with van der Waals surface area (Å²) < 4.78 is 0. The van der Waals surface area contributed by atoms with Crippen LogP contribution < -0.4 is 10.6 Å². The largest absolute Gasteiger partial charge is 0.356 e. The van der Waals surface area contributed by atoms with Gasteiger partial charge >= 0.3 is 0 Å². The van der Waals surface area contributed by atoms with E-state index in [1.54, 1.807) is 0 Å². The second-order valence-corrected chi connectivity index (χ2v) is 6.15. The molecule has 0 bridgehead atoms. The van der Waals surface area contributed by atoms with Gasteiger partial charge in [-0.1, -0.05) is 49.2 Å². The molecule has 2 aromatic rings. The van der Waals surface area contributed by atoms with Crippen LogP contribution in [0.3, 0.4) is 0 Å². The first-order chi connectivity index (χ1) is 11.7. The Balaban J connectivity index is 0.00000312.